The van der Waals surface area contributed by atoms with Gasteiger partial charge in [-0.25, -0.2) is 4.79 Å². The summed E-state index contributed by atoms with van der Waals surface area (Å²) in [5, 5.41) is 2.50. The molecule has 0 unspecified atom stereocenters. The van der Waals surface area contributed by atoms with Crippen LogP contribution in [0.25, 0.3) is 0 Å². The number of amides is 1. The molecule has 0 saturated carbocycles. The normalized spacial score (nSPS) is 8.82. The lowest BCUT2D eigenvalue weighted by molar-refractivity contribution is 0.187. The Morgan fingerprint density at radius 1 is 1.73 bits per heavy atom. The van der Waals surface area contributed by atoms with E-state index in [-0.39, 0.29) is 0 Å². The van der Waals surface area contributed by atoms with Crippen LogP contribution in [0.5, 0.6) is 0 Å². The maximum absolute atomic E-state index is 10.6. The van der Waals surface area contributed by atoms with Crippen LogP contribution in [-0.4, -0.2) is 13.2 Å². The summed E-state index contributed by atoms with van der Waals surface area (Å²) in [4.78, 5) is 10.6. The van der Waals surface area contributed by atoms with Crippen molar-refractivity contribution in [1.29, 1.82) is 0 Å². The molecule has 0 aliphatic heterocycles. The summed E-state index contributed by atoms with van der Waals surface area (Å²) >= 11 is 0. The minimum Gasteiger partial charge on any atom is -0.453 e. The van der Waals surface area contributed by atoms with E-state index < -0.39 is 6.09 Å². The van der Waals surface area contributed by atoms with Crippen LogP contribution in [0.2, 0.25) is 0 Å². The summed E-state index contributed by atoms with van der Waals surface area (Å²) in [5.41, 5.74) is 0.680. The van der Waals surface area contributed by atoms with Gasteiger partial charge >= 0.3 is 6.09 Å². The Morgan fingerprint density at radius 3 is 3.09 bits per heavy atom. The van der Waals surface area contributed by atoms with Crippen molar-refractivity contribution < 1.29 is 9.53 Å². The molecule has 3 nitrogen and oxygen atoms in total. The third-order valence-electron chi connectivity index (χ3n) is 1.14. The van der Waals surface area contributed by atoms with Crippen LogP contribution in [0.1, 0.15) is 0 Å². The summed E-state index contributed by atoms with van der Waals surface area (Å²) in [6, 6.07) is 9.78. The molecule has 0 aliphatic rings. The van der Waals surface area contributed by atoms with Gasteiger partial charge < -0.3 is 4.74 Å². The first-order valence-corrected chi connectivity index (χ1v) is 3.14. The molecule has 11 heavy (non-hydrogen) atoms. The van der Waals surface area contributed by atoms with Crippen LogP contribution in [0.3, 0.4) is 0 Å². The molecule has 1 rings (SSSR count). The molecule has 0 spiro atoms. The zero-order chi connectivity index (χ0) is 8.10. The summed E-state index contributed by atoms with van der Waals surface area (Å²) in [6.45, 7) is 0. The molecule has 1 radical (unpaired) electrons. The Labute approximate surface area is 65.0 Å². The van der Waals surface area contributed by atoms with Crippen LogP contribution in [0, 0.1) is 6.07 Å². The van der Waals surface area contributed by atoms with E-state index in [1.54, 1.807) is 24.3 Å². The van der Waals surface area contributed by atoms with E-state index in [4.69, 9.17) is 0 Å². The van der Waals surface area contributed by atoms with Gasteiger partial charge in [-0.05, 0) is 18.2 Å². The van der Waals surface area contributed by atoms with E-state index in [1.807, 2.05) is 0 Å². The molecule has 1 amide bonds. The van der Waals surface area contributed by atoms with E-state index in [1.165, 1.54) is 7.11 Å². The Kier molecular flexibility index (Phi) is 2.49. The van der Waals surface area contributed by atoms with Gasteiger partial charge in [-0.3, -0.25) is 5.32 Å². The Bertz CT molecular complexity index is 233. The Balaban J connectivity index is 2.58. The Hall–Kier alpha value is -1.51. The van der Waals surface area contributed by atoms with Gasteiger partial charge in [-0.2, -0.15) is 0 Å². The van der Waals surface area contributed by atoms with Gasteiger partial charge in [0, 0.05) is 5.69 Å². The van der Waals surface area contributed by atoms with Gasteiger partial charge in [0.25, 0.3) is 0 Å². The van der Waals surface area contributed by atoms with Crippen molar-refractivity contribution in [3.63, 3.8) is 0 Å². The van der Waals surface area contributed by atoms with Crippen LogP contribution in [-0.2, 0) is 4.74 Å². The molecule has 0 bridgehead atoms. The smallest absolute Gasteiger partial charge is 0.411 e. The molecule has 3 heteroatoms. The average Bonchev–Trinajstić information content (AvgIpc) is 2.06. The zero-order valence-corrected chi connectivity index (χ0v) is 6.13. The van der Waals surface area contributed by atoms with Crippen LogP contribution < -0.4 is 5.32 Å². The lowest BCUT2D eigenvalue weighted by Crippen LogP contribution is -2.10. The number of carbonyl (C=O) groups is 1. The molecule has 0 heterocycles. The highest BCUT2D eigenvalue weighted by Gasteiger charge is 1.96. The van der Waals surface area contributed by atoms with Gasteiger partial charge in [-0.15, -0.1) is 0 Å². The maximum Gasteiger partial charge on any atom is 0.411 e. The fourth-order valence-corrected chi connectivity index (χ4v) is 0.640. The SMILES string of the molecule is COC(=O)Nc1c[c]ccc1. The largest absolute Gasteiger partial charge is 0.453 e. The number of ether oxygens (including phenoxy) is 1. The maximum atomic E-state index is 10.6. The van der Waals surface area contributed by atoms with Crippen molar-refractivity contribution in [3.05, 3.63) is 30.3 Å². The number of methoxy groups -OCH3 is 1. The molecule has 1 aromatic carbocycles. The second-order valence-electron chi connectivity index (χ2n) is 1.91. The summed E-state index contributed by atoms with van der Waals surface area (Å²) in [6.07, 6.45) is -0.468. The first kappa shape index (κ1) is 7.60. The van der Waals surface area contributed by atoms with Crippen molar-refractivity contribution in [3.8, 4) is 0 Å². The monoisotopic (exact) mass is 150 g/mol. The first-order valence-electron chi connectivity index (χ1n) is 3.14. The number of anilines is 1. The van der Waals surface area contributed by atoms with Crippen LogP contribution in [0.4, 0.5) is 10.5 Å². The van der Waals surface area contributed by atoms with Crippen molar-refractivity contribution in [2.45, 2.75) is 0 Å². The molecular formula is C8H8NO2. The van der Waals surface area contributed by atoms with E-state index in [0.29, 0.717) is 5.69 Å². The molecule has 0 saturated heterocycles. The van der Waals surface area contributed by atoms with Crippen LogP contribution in [0.15, 0.2) is 24.3 Å². The number of hydrogen-bond donors (Lipinski definition) is 1. The predicted octanol–water partition coefficient (Wildman–Crippen LogP) is 1.67. The summed E-state index contributed by atoms with van der Waals surface area (Å²) < 4.78 is 4.39. The number of carbonyl (C=O) groups excluding carboxylic acids is 1. The predicted molar refractivity (Wildman–Crippen MR) is 41.3 cm³/mol. The molecule has 0 aromatic heterocycles. The second-order valence-corrected chi connectivity index (χ2v) is 1.91. The van der Waals surface area contributed by atoms with Crippen LogP contribution >= 0.6 is 0 Å². The lowest BCUT2D eigenvalue weighted by Gasteiger charge is -2.00. The number of nitrogens with one attached hydrogen (secondary N) is 1. The van der Waals surface area contributed by atoms with Gasteiger partial charge in [0.05, 0.1) is 7.11 Å². The number of rotatable bonds is 1. The zero-order valence-electron chi connectivity index (χ0n) is 6.13. The van der Waals surface area contributed by atoms with Crippen molar-refractivity contribution in [1.82, 2.24) is 0 Å². The van der Waals surface area contributed by atoms with E-state index in [2.05, 4.69) is 16.1 Å². The molecule has 0 fully saturated rings. The highest BCUT2D eigenvalue weighted by Crippen LogP contribution is 2.03. The Morgan fingerprint density at radius 2 is 2.55 bits per heavy atom. The third kappa shape index (κ3) is 2.29. The highest BCUT2D eigenvalue weighted by atomic mass is 16.5. The minimum absolute atomic E-state index is 0.468. The van der Waals surface area contributed by atoms with Crippen molar-refractivity contribution in [2.75, 3.05) is 12.4 Å². The van der Waals surface area contributed by atoms with E-state index >= 15 is 0 Å². The summed E-state index contributed by atoms with van der Waals surface area (Å²) in [7, 11) is 1.32. The fraction of sp³-hybridized carbons (Fsp3) is 0.125. The van der Waals surface area contributed by atoms with E-state index in [0.717, 1.165) is 0 Å². The first-order chi connectivity index (χ1) is 5.33. The molecule has 0 aliphatic carbocycles. The number of hydrogen-bond acceptors (Lipinski definition) is 2. The van der Waals surface area contributed by atoms with E-state index in [9.17, 15) is 4.79 Å². The minimum atomic E-state index is -0.468. The average molecular weight is 150 g/mol. The lowest BCUT2D eigenvalue weighted by atomic mass is 10.3. The molecular weight excluding hydrogens is 142 g/mol. The fourth-order valence-electron chi connectivity index (χ4n) is 0.640. The quantitative estimate of drug-likeness (QED) is 0.661. The highest BCUT2D eigenvalue weighted by molar-refractivity contribution is 5.84. The summed E-state index contributed by atoms with van der Waals surface area (Å²) in [5.74, 6) is 0. The molecule has 0 atom stereocenters. The van der Waals surface area contributed by atoms with Gasteiger partial charge in [0.1, 0.15) is 0 Å². The molecule has 1 N–H and O–H groups in total. The van der Waals surface area contributed by atoms with Gasteiger partial charge in [0.15, 0.2) is 0 Å². The molecule has 1 aromatic rings. The third-order valence-corrected chi connectivity index (χ3v) is 1.14. The number of benzene rings is 1. The second kappa shape index (κ2) is 3.61. The standard InChI is InChI=1S/C8H8NO2/c1-11-8(10)9-7-5-3-2-4-6-7/h2-3,5-6H,1H3,(H,9,10). The van der Waals surface area contributed by atoms with Gasteiger partial charge in [-0.1, -0.05) is 12.1 Å². The topological polar surface area (TPSA) is 38.3 Å². The molecule has 57 valence electrons. The van der Waals surface area contributed by atoms with Crippen molar-refractivity contribution >= 4 is 11.8 Å². The van der Waals surface area contributed by atoms with Gasteiger partial charge in [0.2, 0.25) is 0 Å². The van der Waals surface area contributed by atoms with Crippen molar-refractivity contribution in [2.24, 2.45) is 0 Å².